The van der Waals surface area contributed by atoms with Crippen molar-refractivity contribution in [2.75, 3.05) is 6.54 Å². The summed E-state index contributed by atoms with van der Waals surface area (Å²) in [6, 6.07) is 21.1. The zero-order valence-electron chi connectivity index (χ0n) is 35.8. The van der Waals surface area contributed by atoms with E-state index in [0.29, 0.717) is 12.2 Å². The number of hydrogen-bond acceptors (Lipinski definition) is 10. The molecule has 0 spiro atoms. The molecule has 60 heavy (non-hydrogen) atoms. The molecule has 3 aromatic carbocycles. The Hall–Kier alpha value is -5.70. The summed E-state index contributed by atoms with van der Waals surface area (Å²) in [5, 5.41) is 11.5. The van der Waals surface area contributed by atoms with Crippen molar-refractivity contribution in [3.05, 3.63) is 108 Å². The number of amides is 4. The molecule has 3 rings (SSSR count). The third kappa shape index (κ3) is 18.5. The minimum Gasteiger partial charge on any atom is -0.488 e. The Morgan fingerprint density at radius 2 is 1.33 bits per heavy atom. The van der Waals surface area contributed by atoms with Gasteiger partial charge in [-0.2, -0.15) is 0 Å². The number of alkyl carbamates (subject to hydrolysis) is 1. The maximum Gasteiger partial charge on any atom is 0.408 e. The third-order valence-corrected chi connectivity index (χ3v) is 9.99. The Balaban J connectivity index is 1.70. The smallest absolute Gasteiger partial charge is 0.408 e. The molecule has 0 aromatic heterocycles. The summed E-state index contributed by atoms with van der Waals surface area (Å²) in [4.78, 5) is 65.9. The second-order valence-electron chi connectivity index (χ2n) is 16.6. The van der Waals surface area contributed by atoms with E-state index in [0.717, 1.165) is 16.5 Å². The fourth-order valence-electron chi connectivity index (χ4n) is 5.66. The molecule has 0 saturated carbocycles. The van der Waals surface area contributed by atoms with Gasteiger partial charge in [0.15, 0.2) is 9.84 Å². The summed E-state index contributed by atoms with van der Waals surface area (Å²) in [5.41, 5.74) is 0.517. The zero-order valence-corrected chi connectivity index (χ0v) is 36.6. The van der Waals surface area contributed by atoms with Gasteiger partial charge >= 0.3 is 12.1 Å². The number of aryl methyl sites for hydroxylation is 1. The highest BCUT2D eigenvalue weighted by Gasteiger charge is 2.30. The second kappa shape index (κ2) is 22.6. The molecule has 14 nitrogen and oxygen atoms in total. The lowest BCUT2D eigenvalue weighted by atomic mass is 10.0. The van der Waals surface area contributed by atoms with Crippen molar-refractivity contribution < 1.29 is 46.6 Å². The highest BCUT2D eigenvalue weighted by atomic mass is 32.2. The van der Waals surface area contributed by atoms with Gasteiger partial charge in [0, 0.05) is 17.9 Å². The van der Waals surface area contributed by atoms with Crippen LogP contribution in [-0.2, 0) is 51.5 Å². The maximum atomic E-state index is 13.8. The lowest BCUT2D eigenvalue weighted by Crippen LogP contribution is -2.56. The van der Waals surface area contributed by atoms with Crippen molar-refractivity contribution in [3.63, 3.8) is 0 Å². The van der Waals surface area contributed by atoms with E-state index >= 15 is 0 Å². The van der Waals surface area contributed by atoms with E-state index in [1.165, 1.54) is 18.2 Å². The van der Waals surface area contributed by atoms with E-state index in [4.69, 9.17) is 14.2 Å². The largest absolute Gasteiger partial charge is 0.488 e. The van der Waals surface area contributed by atoms with Gasteiger partial charge in [0.25, 0.3) is 0 Å². The Kier molecular flexibility index (Phi) is 18.3. The molecule has 326 valence electrons. The van der Waals surface area contributed by atoms with E-state index < -0.39 is 75.8 Å². The lowest BCUT2D eigenvalue weighted by molar-refractivity contribution is -0.155. The molecule has 15 heteroatoms. The first-order chi connectivity index (χ1) is 28.1. The quantitative estimate of drug-likeness (QED) is 0.0989. The second-order valence-corrected chi connectivity index (χ2v) is 18.4. The number of sulfone groups is 1. The zero-order chi connectivity index (χ0) is 44.5. The van der Waals surface area contributed by atoms with Crippen LogP contribution in [0.4, 0.5) is 4.79 Å². The average molecular weight is 849 g/mol. The van der Waals surface area contributed by atoms with Crippen LogP contribution in [0.1, 0.15) is 85.8 Å². The first-order valence-corrected chi connectivity index (χ1v) is 21.5. The van der Waals surface area contributed by atoms with E-state index in [1.807, 2.05) is 63.2 Å². The normalized spacial score (nSPS) is 13.4. The molecule has 0 aliphatic carbocycles. The number of nitrogens with one attached hydrogen (secondary N) is 4. The highest BCUT2D eigenvalue weighted by Crippen LogP contribution is 2.20. The van der Waals surface area contributed by atoms with Crippen LogP contribution in [0, 0.1) is 5.92 Å². The minimum absolute atomic E-state index is 0.0110. The van der Waals surface area contributed by atoms with Crippen LogP contribution in [-0.4, -0.2) is 74.1 Å². The molecule has 0 saturated heterocycles. The summed E-state index contributed by atoms with van der Waals surface area (Å²) in [7, 11) is -3.87. The Labute approximate surface area is 354 Å². The summed E-state index contributed by atoms with van der Waals surface area (Å²) in [6.45, 7) is 13.9. The van der Waals surface area contributed by atoms with Crippen LogP contribution >= 0.6 is 0 Å². The Morgan fingerprint density at radius 3 is 1.92 bits per heavy atom. The average Bonchev–Trinajstić information content (AvgIpc) is 3.17. The van der Waals surface area contributed by atoms with Gasteiger partial charge in [-0.15, -0.1) is 0 Å². The number of hydrogen-bond donors (Lipinski definition) is 4. The lowest BCUT2D eigenvalue weighted by Gasteiger charge is -2.25. The number of esters is 1. The van der Waals surface area contributed by atoms with Gasteiger partial charge in [-0.1, -0.05) is 80.6 Å². The summed E-state index contributed by atoms with van der Waals surface area (Å²) >= 11 is 0. The van der Waals surface area contributed by atoms with Gasteiger partial charge < -0.3 is 35.5 Å². The molecule has 4 amide bonds. The SMILES string of the molecule is CC(C)[C@H](NC(=O)[C@H](CCc1ccc(OC(C)(C)C)cc1)NC(=O)OCc1ccccc1)C(=O)NCC(=O)N[C@H](/C=C/S(=O)(=O)c1ccccc1)CCC(=O)OC(C)(C)C. The summed E-state index contributed by atoms with van der Waals surface area (Å²) < 4.78 is 42.6. The van der Waals surface area contributed by atoms with Crippen LogP contribution in [0.15, 0.2) is 101 Å². The topological polar surface area (TPSA) is 195 Å². The van der Waals surface area contributed by atoms with Crippen molar-refractivity contribution in [2.24, 2.45) is 5.92 Å². The highest BCUT2D eigenvalue weighted by molar-refractivity contribution is 7.94. The predicted molar refractivity (Wildman–Crippen MR) is 228 cm³/mol. The minimum atomic E-state index is -3.87. The fourth-order valence-corrected chi connectivity index (χ4v) is 6.75. The molecule has 0 radical (unpaired) electrons. The van der Waals surface area contributed by atoms with Gasteiger partial charge in [-0.05, 0) is 102 Å². The first-order valence-electron chi connectivity index (χ1n) is 19.9. The number of benzene rings is 3. The third-order valence-electron chi connectivity index (χ3n) is 8.55. The predicted octanol–water partition coefficient (Wildman–Crippen LogP) is 5.94. The number of carbonyl (C=O) groups excluding carboxylic acids is 5. The molecule has 4 N–H and O–H groups in total. The van der Waals surface area contributed by atoms with Gasteiger partial charge in [0.1, 0.15) is 35.6 Å². The standard InChI is InChI=1S/C45H60N4O10S/c1-31(2)40(42(53)46-29-38(50)47-34(22-26-39(51)59-45(6,7)8)27-28-60(55,56)36-17-13-10-14-18-36)49-41(52)37(48-43(54)57-30-33-15-11-9-12-16-33)25-21-32-19-23-35(24-20-32)58-44(3,4)5/h9-20,23-24,27-28,31,34,37,40H,21-22,25-26,29-30H2,1-8H3,(H,46,53)(H,47,50)(H,48,54)(H,49,52)/b28-27+/t34-,37-,40-/m0/s1. The van der Waals surface area contributed by atoms with E-state index in [1.54, 1.807) is 65.0 Å². The van der Waals surface area contributed by atoms with E-state index in [-0.39, 0.29) is 36.4 Å². The van der Waals surface area contributed by atoms with Crippen molar-refractivity contribution in [1.29, 1.82) is 0 Å². The Bertz CT molecular complexity index is 2010. The molecule has 3 aromatic rings. The van der Waals surface area contributed by atoms with Crippen molar-refractivity contribution in [3.8, 4) is 5.75 Å². The Morgan fingerprint density at radius 1 is 0.717 bits per heavy atom. The van der Waals surface area contributed by atoms with Gasteiger partial charge in [0.2, 0.25) is 17.7 Å². The van der Waals surface area contributed by atoms with Gasteiger partial charge in [-0.25, -0.2) is 13.2 Å². The molecule has 0 heterocycles. The van der Waals surface area contributed by atoms with Crippen LogP contribution in [0.3, 0.4) is 0 Å². The summed E-state index contributed by atoms with van der Waals surface area (Å²) in [5.74, 6) is -2.26. The maximum absolute atomic E-state index is 13.8. The number of carbonyl (C=O) groups is 5. The molecule has 0 aliphatic heterocycles. The molecule has 0 bridgehead atoms. The molecular weight excluding hydrogens is 789 g/mol. The van der Waals surface area contributed by atoms with Crippen molar-refractivity contribution in [1.82, 2.24) is 21.3 Å². The molecule has 3 atom stereocenters. The van der Waals surface area contributed by atoms with Gasteiger partial charge in [0.05, 0.1) is 11.4 Å². The first kappa shape index (κ1) is 48.7. The number of ether oxygens (including phenoxy) is 3. The monoisotopic (exact) mass is 848 g/mol. The fraction of sp³-hybridized carbons (Fsp3) is 0.444. The summed E-state index contributed by atoms with van der Waals surface area (Å²) in [6.07, 6.45) is 0.896. The molecule has 0 aliphatic rings. The molecular formula is C45H60N4O10S. The molecule has 0 unspecified atom stereocenters. The van der Waals surface area contributed by atoms with Crippen molar-refractivity contribution in [2.45, 2.75) is 122 Å². The van der Waals surface area contributed by atoms with Crippen LogP contribution in [0.5, 0.6) is 5.75 Å². The number of rotatable bonds is 20. The van der Waals surface area contributed by atoms with Crippen LogP contribution < -0.4 is 26.0 Å². The van der Waals surface area contributed by atoms with E-state index in [2.05, 4.69) is 21.3 Å². The van der Waals surface area contributed by atoms with Gasteiger partial charge in [-0.3, -0.25) is 19.2 Å². The molecule has 0 fully saturated rings. The van der Waals surface area contributed by atoms with E-state index in [9.17, 15) is 32.4 Å². The van der Waals surface area contributed by atoms with Crippen molar-refractivity contribution >= 4 is 39.6 Å². The van der Waals surface area contributed by atoms with Crippen LogP contribution in [0.2, 0.25) is 0 Å². The van der Waals surface area contributed by atoms with Crippen LogP contribution in [0.25, 0.3) is 0 Å².